The molecular formula is C21H25N5O3. The Labute approximate surface area is 168 Å². The zero-order valence-electron chi connectivity index (χ0n) is 17.0. The van der Waals surface area contributed by atoms with E-state index in [1.165, 1.54) is 11.6 Å². The van der Waals surface area contributed by atoms with Crippen LogP contribution in [0.15, 0.2) is 46.0 Å². The highest BCUT2D eigenvalue weighted by Gasteiger charge is 2.21. The first kappa shape index (κ1) is 20.5. The van der Waals surface area contributed by atoms with Crippen LogP contribution in [-0.4, -0.2) is 46.0 Å². The van der Waals surface area contributed by atoms with Crippen molar-refractivity contribution < 1.29 is 4.79 Å². The Balaban J connectivity index is 2.05. The number of aromatic nitrogens is 3. The number of H-pyrrole nitrogens is 1. The molecule has 0 saturated heterocycles. The van der Waals surface area contributed by atoms with Crippen molar-refractivity contribution in [2.45, 2.75) is 19.4 Å². The van der Waals surface area contributed by atoms with Crippen molar-refractivity contribution in [1.82, 2.24) is 24.8 Å². The summed E-state index contributed by atoms with van der Waals surface area (Å²) >= 11 is 0. The van der Waals surface area contributed by atoms with Gasteiger partial charge in [-0.05, 0) is 45.6 Å². The number of rotatable bonds is 6. The summed E-state index contributed by atoms with van der Waals surface area (Å²) in [7, 11) is 5.46. The van der Waals surface area contributed by atoms with E-state index >= 15 is 0 Å². The first-order chi connectivity index (χ1) is 13.8. The molecule has 0 bridgehead atoms. The number of nitrogens with one attached hydrogen (secondary N) is 2. The van der Waals surface area contributed by atoms with E-state index < -0.39 is 11.2 Å². The third kappa shape index (κ3) is 4.43. The van der Waals surface area contributed by atoms with Gasteiger partial charge in [0.1, 0.15) is 5.65 Å². The van der Waals surface area contributed by atoms with Crippen LogP contribution in [0.25, 0.3) is 11.0 Å². The molecule has 29 heavy (non-hydrogen) atoms. The molecule has 1 amide bonds. The molecule has 0 aliphatic carbocycles. The molecule has 2 aromatic heterocycles. The van der Waals surface area contributed by atoms with Crippen LogP contribution in [0.4, 0.5) is 0 Å². The van der Waals surface area contributed by atoms with Gasteiger partial charge in [0.15, 0.2) is 0 Å². The van der Waals surface area contributed by atoms with Crippen LogP contribution in [0.5, 0.6) is 0 Å². The van der Waals surface area contributed by atoms with Crippen LogP contribution in [0, 0.1) is 6.92 Å². The van der Waals surface area contributed by atoms with Gasteiger partial charge in [0.05, 0.1) is 17.0 Å². The fraction of sp³-hybridized carbons (Fsp3) is 0.333. The molecule has 1 atom stereocenters. The van der Waals surface area contributed by atoms with Crippen molar-refractivity contribution in [3.05, 3.63) is 74.1 Å². The van der Waals surface area contributed by atoms with Crippen LogP contribution in [-0.2, 0) is 7.05 Å². The third-order valence-corrected chi connectivity index (χ3v) is 4.82. The van der Waals surface area contributed by atoms with Gasteiger partial charge in [-0.1, -0.05) is 30.3 Å². The Bertz CT molecular complexity index is 1150. The number of pyridine rings is 1. The quantitative estimate of drug-likeness (QED) is 0.656. The number of amides is 1. The van der Waals surface area contributed by atoms with Crippen molar-refractivity contribution >= 4 is 16.9 Å². The molecule has 1 aromatic carbocycles. The van der Waals surface area contributed by atoms with E-state index in [-0.39, 0.29) is 28.5 Å². The molecule has 2 N–H and O–H groups in total. The molecule has 1 unspecified atom stereocenters. The van der Waals surface area contributed by atoms with Crippen LogP contribution >= 0.6 is 0 Å². The van der Waals surface area contributed by atoms with Gasteiger partial charge >= 0.3 is 5.69 Å². The largest absolute Gasteiger partial charge is 0.345 e. The van der Waals surface area contributed by atoms with Crippen molar-refractivity contribution in [2.24, 2.45) is 7.05 Å². The number of aryl methyl sites for hydroxylation is 2. The van der Waals surface area contributed by atoms with Gasteiger partial charge in [-0.25, -0.2) is 9.78 Å². The van der Waals surface area contributed by atoms with Gasteiger partial charge in [0.25, 0.3) is 11.5 Å². The van der Waals surface area contributed by atoms with Crippen molar-refractivity contribution in [2.75, 3.05) is 20.6 Å². The van der Waals surface area contributed by atoms with E-state index in [0.29, 0.717) is 12.1 Å². The Morgan fingerprint density at radius 1 is 1.24 bits per heavy atom. The number of fused-ring (bicyclic) bond motifs is 1. The van der Waals surface area contributed by atoms with Gasteiger partial charge in [0, 0.05) is 12.7 Å². The van der Waals surface area contributed by atoms with E-state index in [2.05, 4.69) is 20.2 Å². The highest BCUT2D eigenvalue weighted by Crippen LogP contribution is 2.19. The average Bonchev–Trinajstić information content (AvgIpc) is 2.69. The van der Waals surface area contributed by atoms with Crippen molar-refractivity contribution in [3.8, 4) is 0 Å². The molecule has 0 fully saturated rings. The number of hydrogen-bond acceptors (Lipinski definition) is 5. The number of carbonyl (C=O) groups is 1. The van der Waals surface area contributed by atoms with Crippen LogP contribution in [0.1, 0.15) is 34.1 Å². The lowest BCUT2D eigenvalue weighted by Gasteiger charge is -2.22. The fourth-order valence-electron chi connectivity index (χ4n) is 3.27. The van der Waals surface area contributed by atoms with E-state index in [4.69, 9.17) is 0 Å². The molecule has 8 heteroatoms. The standard InChI is InChI=1S/C21H25N5O3/c1-13-12-15(17-18(22-13)26(4)21(29)24-20(17)28)19(27)23-16(10-11-25(2)3)14-8-6-5-7-9-14/h5-9,12,16H,10-11H2,1-4H3,(H,23,27)(H,24,28,29). The highest BCUT2D eigenvalue weighted by molar-refractivity contribution is 6.05. The second-order valence-electron chi connectivity index (χ2n) is 7.36. The maximum Gasteiger partial charge on any atom is 0.329 e. The SMILES string of the molecule is Cc1cc(C(=O)NC(CCN(C)C)c2ccccc2)c2c(=O)[nH]c(=O)n(C)c2n1. The van der Waals surface area contributed by atoms with Crippen molar-refractivity contribution in [1.29, 1.82) is 0 Å². The van der Waals surface area contributed by atoms with Gasteiger partial charge in [-0.15, -0.1) is 0 Å². The zero-order chi connectivity index (χ0) is 21.1. The summed E-state index contributed by atoms with van der Waals surface area (Å²) < 4.78 is 1.24. The van der Waals surface area contributed by atoms with Gasteiger partial charge in [-0.2, -0.15) is 0 Å². The second kappa shape index (κ2) is 8.40. The maximum absolute atomic E-state index is 13.2. The molecular weight excluding hydrogens is 370 g/mol. The molecule has 0 radical (unpaired) electrons. The smallest absolute Gasteiger partial charge is 0.329 e. The first-order valence-electron chi connectivity index (χ1n) is 9.39. The number of benzene rings is 1. The Hall–Kier alpha value is -3.26. The summed E-state index contributed by atoms with van der Waals surface area (Å²) in [6, 6.07) is 11.1. The van der Waals surface area contributed by atoms with Crippen LogP contribution < -0.4 is 16.6 Å². The monoisotopic (exact) mass is 395 g/mol. The van der Waals surface area contributed by atoms with Crippen LogP contribution in [0.2, 0.25) is 0 Å². The highest BCUT2D eigenvalue weighted by atomic mass is 16.2. The summed E-state index contributed by atoms with van der Waals surface area (Å²) in [6.07, 6.45) is 0.708. The Morgan fingerprint density at radius 2 is 1.93 bits per heavy atom. The van der Waals surface area contributed by atoms with Gasteiger partial charge < -0.3 is 10.2 Å². The van der Waals surface area contributed by atoms with Gasteiger partial charge in [-0.3, -0.25) is 19.1 Å². The summed E-state index contributed by atoms with van der Waals surface area (Å²) in [5.41, 5.74) is 0.737. The van der Waals surface area contributed by atoms with Crippen LogP contribution in [0.3, 0.4) is 0 Å². The number of aromatic amines is 1. The molecule has 0 spiro atoms. The van der Waals surface area contributed by atoms with E-state index in [9.17, 15) is 14.4 Å². The van der Waals surface area contributed by atoms with Gasteiger partial charge in [0.2, 0.25) is 0 Å². The Kier molecular flexibility index (Phi) is 5.93. The summed E-state index contributed by atoms with van der Waals surface area (Å²) in [4.78, 5) is 46.2. The molecule has 152 valence electrons. The molecule has 3 aromatic rings. The minimum Gasteiger partial charge on any atom is -0.345 e. The predicted octanol–water partition coefficient (Wildman–Crippen LogP) is 1.35. The lowest BCUT2D eigenvalue weighted by molar-refractivity contribution is 0.0934. The Morgan fingerprint density at radius 3 is 2.59 bits per heavy atom. The minimum atomic E-state index is -0.620. The van der Waals surface area contributed by atoms with E-state index in [1.54, 1.807) is 13.0 Å². The molecule has 3 rings (SSSR count). The summed E-state index contributed by atoms with van der Waals surface area (Å²) in [5, 5.41) is 3.16. The topological polar surface area (TPSA) is 100 Å². The summed E-state index contributed by atoms with van der Waals surface area (Å²) in [5.74, 6) is -0.378. The van der Waals surface area contributed by atoms with E-state index in [1.807, 2.05) is 44.4 Å². The molecule has 0 aliphatic rings. The fourth-order valence-corrected chi connectivity index (χ4v) is 3.27. The third-order valence-electron chi connectivity index (χ3n) is 4.82. The minimum absolute atomic E-state index is 0.106. The number of carbonyl (C=O) groups excluding carboxylic acids is 1. The molecule has 0 aliphatic heterocycles. The first-order valence-corrected chi connectivity index (χ1v) is 9.39. The predicted molar refractivity (Wildman–Crippen MR) is 112 cm³/mol. The average molecular weight is 395 g/mol. The number of hydrogen-bond donors (Lipinski definition) is 2. The number of nitrogens with zero attached hydrogens (tertiary/aromatic N) is 3. The maximum atomic E-state index is 13.2. The zero-order valence-corrected chi connectivity index (χ0v) is 17.0. The molecule has 2 heterocycles. The molecule has 0 saturated carbocycles. The molecule has 8 nitrogen and oxygen atoms in total. The second-order valence-corrected chi connectivity index (χ2v) is 7.36. The lowest BCUT2D eigenvalue weighted by atomic mass is 10.0. The normalized spacial score (nSPS) is 12.3. The summed E-state index contributed by atoms with van der Waals surface area (Å²) in [6.45, 7) is 2.51. The van der Waals surface area contributed by atoms with Crippen molar-refractivity contribution in [3.63, 3.8) is 0 Å². The van der Waals surface area contributed by atoms with E-state index in [0.717, 1.165) is 12.1 Å². The lowest BCUT2D eigenvalue weighted by Crippen LogP contribution is -2.34.